The Morgan fingerprint density at radius 1 is 0.765 bits per heavy atom. The van der Waals surface area contributed by atoms with Crippen molar-refractivity contribution in [2.75, 3.05) is 38.1 Å². The standard InChI is InChI=1S/C28H30N4O2/c1-29-16-18-31(19-17-29)25-11-7-6-10-22(25)14-15-32-27(33)24-13-12-23(21-8-4-3-5-9-21)20-26(24)30(2)28(32)34/h3-13,20H,14-19H2,1-2H3. The van der Waals surface area contributed by atoms with Crippen molar-refractivity contribution in [2.45, 2.75) is 13.0 Å². The van der Waals surface area contributed by atoms with Gasteiger partial charge in [-0.3, -0.25) is 13.9 Å². The number of rotatable bonds is 5. The topological polar surface area (TPSA) is 50.5 Å². The number of anilines is 1. The summed E-state index contributed by atoms with van der Waals surface area (Å²) in [7, 11) is 3.89. The molecule has 0 bridgehead atoms. The van der Waals surface area contributed by atoms with Gasteiger partial charge in [0.25, 0.3) is 5.56 Å². The summed E-state index contributed by atoms with van der Waals surface area (Å²) in [6, 6.07) is 24.1. The molecule has 5 rings (SSSR count). The second-order valence-corrected chi connectivity index (χ2v) is 9.07. The van der Waals surface area contributed by atoms with Crippen LogP contribution in [0.1, 0.15) is 5.56 Å². The maximum atomic E-state index is 13.3. The molecule has 34 heavy (non-hydrogen) atoms. The molecule has 1 aromatic heterocycles. The van der Waals surface area contributed by atoms with Crippen molar-refractivity contribution >= 4 is 16.6 Å². The molecule has 0 spiro atoms. The molecule has 0 radical (unpaired) electrons. The monoisotopic (exact) mass is 454 g/mol. The average molecular weight is 455 g/mol. The predicted molar refractivity (Wildman–Crippen MR) is 139 cm³/mol. The minimum atomic E-state index is -0.278. The number of fused-ring (bicyclic) bond motifs is 1. The van der Waals surface area contributed by atoms with E-state index in [1.54, 1.807) is 11.6 Å². The van der Waals surface area contributed by atoms with Crippen LogP contribution in [-0.2, 0) is 20.0 Å². The van der Waals surface area contributed by atoms with Crippen molar-refractivity contribution in [3.05, 3.63) is 99.2 Å². The average Bonchev–Trinajstić information content (AvgIpc) is 2.88. The molecule has 0 N–H and O–H groups in total. The maximum Gasteiger partial charge on any atom is 0.331 e. The van der Waals surface area contributed by atoms with Gasteiger partial charge in [-0.05, 0) is 48.4 Å². The fourth-order valence-corrected chi connectivity index (χ4v) is 4.82. The van der Waals surface area contributed by atoms with Gasteiger partial charge in [0.05, 0.1) is 10.9 Å². The molecule has 6 nitrogen and oxygen atoms in total. The lowest BCUT2D eigenvalue weighted by molar-refractivity contribution is 0.312. The molecule has 4 aromatic rings. The van der Waals surface area contributed by atoms with Gasteiger partial charge in [0.2, 0.25) is 0 Å². The van der Waals surface area contributed by atoms with Crippen LogP contribution in [0.25, 0.3) is 22.0 Å². The Morgan fingerprint density at radius 2 is 1.47 bits per heavy atom. The van der Waals surface area contributed by atoms with Gasteiger partial charge in [-0.1, -0.05) is 54.6 Å². The molecule has 0 atom stereocenters. The van der Waals surface area contributed by atoms with Crippen LogP contribution in [0.5, 0.6) is 0 Å². The molecule has 0 aliphatic carbocycles. The molecule has 0 unspecified atom stereocenters. The first-order valence-electron chi connectivity index (χ1n) is 11.8. The van der Waals surface area contributed by atoms with E-state index in [9.17, 15) is 9.59 Å². The van der Waals surface area contributed by atoms with Crippen molar-refractivity contribution in [3.63, 3.8) is 0 Å². The fourth-order valence-electron chi connectivity index (χ4n) is 4.82. The minimum absolute atomic E-state index is 0.227. The molecule has 174 valence electrons. The van der Waals surface area contributed by atoms with E-state index in [0.29, 0.717) is 23.9 Å². The van der Waals surface area contributed by atoms with Crippen LogP contribution in [-0.4, -0.2) is 47.3 Å². The summed E-state index contributed by atoms with van der Waals surface area (Å²) in [6.07, 6.45) is 0.630. The van der Waals surface area contributed by atoms with E-state index in [1.165, 1.54) is 15.8 Å². The second kappa shape index (κ2) is 9.31. The van der Waals surface area contributed by atoms with Gasteiger partial charge in [-0.2, -0.15) is 0 Å². The summed E-state index contributed by atoms with van der Waals surface area (Å²) in [6.45, 7) is 4.38. The fraction of sp³-hybridized carbons (Fsp3) is 0.286. The highest BCUT2D eigenvalue weighted by Crippen LogP contribution is 2.24. The molecule has 3 aromatic carbocycles. The molecule has 0 amide bonds. The summed E-state index contributed by atoms with van der Waals surface area (Å²) >= 11 is 0. The number of aryl methyl sites for hydroxylation is 2. The smallest absolute Gasteiger partial charge is 0.331 e. The predicted octanol–water partition coefficient (Wildman–Crippen LogP) is 3.36. The van der Waals surface area contributed by atoms with Gasteiger partial charge in [0, 0.05) is 45.5 Å². The number of hydrogen-bond donors (Lipinski definition) is 0. The van der Waals surface area contributed by atoms with Crippen LogP contribution in [0, 0.1) is 0 Å². The van der Waals surface area contributed by atoms with Crippen molar-refractivity contribution in [1.82, 2.24) is 14.0 Å². The summed E-state index contributed by atoms with van der Waals surface area (Å²) < 4.78 is 2.97. The summed E-state index contributed by atoms with van der Waals surface area (Å²) in [5.74, 6) is 0. The molecular weight excluding hydrogens is 424 g/mol. The van der Waals surface area contributed by atoms with Crippen LogP contribution in [0.3, 0.4) is 0 Å². The zero-order valence-corrected chi connectivity index (χ0v) is 19.8. The first-order chi connectivity index (χ1) is 16.5. The summed E-state index contributed by atoms with van der Waals surface area (Å²) in [5.41, 5.74) is 4.57. The number of piperazine rings is 1. The number of hydrogen-bond acceptors (Lipinski definition) is 4. The van der Waals surface area contributed by atoms with E-state index >= 15 is 0 Å². The van der Waals surface area contributed by atoms with Gasteiger partial charge >= 0.3 is 5.69 Å². The van der Waals surface area contributed by atoms with E-state index in [-0.39, 0.29) is 11.2 Å². The highest BCUT2D eigenvalue weighted by atomic mass is 16.2. The Bertz CT molecular complexity index is 1430. The molecule has 0 saturated carbocycles. The van der Waals surface area contributed by atoms with Gasteiger partial charge in [-0.15, -0.1) is 0 Å². The Morgan fingerprint density at radius 3 is 2.24 bits per heavy atom. The van der Waals surface area contributed by atoms with Crippen molar-refractivity contribution < 1.29 is 0 Å². The second-order valence-electron chi connectivity index (χ2n) is 9.07. The van der Waals surface area contributed by atoms with E-state index < -0.39 is 0 Å². The Labute approximate surface area is 199 Å². The number of likely N-dealkylation sites (N-methyl/N-ethyl adjacent to an activating group) is 1. The van der Waals surface area contributed by atoms with Crippen LogP contribution in [0.4, 0.5) is 5.69 Å². The van der Waals surface area contributed by atoms with Crippen molar-refractivity contribution in [2.24, 2.45) is 7.05 Å². The third-order valence-corrected chi connectivity index (χ3v) is 6.90. The molecular formula is C28H30N4O2. The quantitative estimate of drug-likeness (QED) is 0.464. The molecule has 1 aliphatic rings. The van der Waals surface area contributed by atoms with Crippen LogP contribution in [0.15, 0.2) is 82.4 Å². The molecule has 6 heteroatoms. The number of nitrogens with zero attached hydrogens (tertiary/aromatic N) is 4. The van der Waals surface area contributed by atoms with E-state index in [4.69, 9.17) is 0 Å². The largest absolute Gasteiger partial charge is 0.369 e. The van der Waals surface area contributed by atoms with Gasteiger partial charge in [-0.25, -0.2) is 4.79 Å². The first kappa shape index (κ1) is 22.2. The normalized spacial score (nSPS) is 14.6. The third-order valence-electron chi connectivity index (χ3n) is 6.90. The lowest BCUT2D eigenvalue weighted by atomic mass is 10.0. The Kier molecular flexibility index (Phi) is 6.07. The molecule has 2 heterocycles. The van der Waals surface area contributed by atoms with E-state index in [1.807, 2.05) is 54.6 Å². The third kappa shape index (κ3) is 4.17. The van der Waals surface area contributed by atoms with Crippen molar-refractivity contribution in [1.29, 1.82) is 0 Å². The van der Waals surface area contributed by atoms with E-state index in [0.717, 1.165) is 37.3 Å². The maximum absolute atomic E-state index is 13.3. The summed E-state index contributed by atoms with van der Waals surface area (Å²) in [5, 5.41) is 0.564. The SMILES string of the molecule is CN1CCN(c2ccccc2CCn2c(=O)c3ccc(-c4ccccc4)cc3n(C)c2=O)CC1. The highest BCUT2D eigenvalue weighted by Gasteiger charge is 2.18. The number of para-hydroxylation sites is 1. The Balaban J connectivity index is 1.47. The summed E-state index contributed by atoms with van der Waals surface area (Å²) in [4.78, 5) is 31.3. The molecule has 1 fully saturated rings. The zero-order chi connectivity index (χ0) is 23.7. The zero-order valence-electron chi connectivity index (χ0n) is 19.8. The Hall–Kier alpha value is -3.64. The van der Waals surface area contributed by atoms with Crippen LogP contribution in [0.2, 0.25) is 0 Å². The van der Waals surface area contributed by atoms with Gasteiger partial charge < -0.3 is 9.80 Å². The molecule has 1 saturated heterocycles. The van der Waals surface area contributed by atoms with Gasteiger partial charge in [0.1, 0.15) is 0 Å². The minimum Gasteiger partial charge on any atom is -0.369 e. The van der Waals surface area contributed by atoms with Gasteiger partial charge in [0.15, 0.2) is 0 Å². The van der Waals surface area contributed by atoms with Crippen LogP contribution < -0.4 is 16.1 Å². The highest BCUT2D eigenvalue weighted by molar-refractivity contribution is 5.84. The first-order valence-corrected chi connectivity index (χ1v) is 11.8. The van der Waals surface area contributed by atoms with E-state index in [2.05, 4.69) is 35.0 Å². The lowest BCUT2D eigenvalue weighted by Gasteiger charge is -2.35. The number of benzene rings is 3. The van der Waals surface area contributed by atoms with Crippen molar-refractivity contribution in [3.8, 4) is 11.1 Å². The lowest BCUT2D eigenvalue weighted by Crippen LogP contribution is -2.45. The van der Waals surface area contributed by atoms with Crippen LogP contribution >= 0.6 is 0 Å². The number of aromatic nitrogens is 2. The molecule has 1 aliphatic heterocycles.